The number of furan rings is 1. The van der Waals surface area contributed by atoms with E-state index in [-0.39, 0.29) is 0 Å². The topological polar surface area (TPSA) is 93.8 Å². The second-order valence-electron chi connectivity index (χ2n) is 3.41. The smallest absolute Gasteiger partial charge is 0.411 e. The Labute approximate surface area is 105 Å². The summed E-state index contributed by atoms with van der Waals surface area (Å²) in [6.07, 6.45) is -4.54. The number of hydrogen-bond acceptors (Lipinski definition) is 5. The highest BCUT2D eigenvalue weighted by Crippen LogP contribution is 2.17. The molecule has 1 N–H and O–H groups in total. The molecule has 0 aliphatic rings. The first kappa shape index (κ1) is 15.5. The fourth-order valence-electron chi connectivity index (χ4n) is 1.06. The number of aromatic carboxylic acids is 1. The summed E-state index contributed by atoms with van der Waals surface area (Å²) in [6.45, 7) is -2.23. The van der Waals surface area contributed by atoms with Crippen LogP contribution in [0, 0.1) is 0 Å². The van der Waals surface area contributed by atoms with Crippen LogP contribution in [0.5, 0.6) is 0 Å². The van der Waals surface area contributed by atoms with Crippen LogP contribution in [0.2, 0.25) is 0 Å². The van der Waals surface area contributed by atoms with Gasteiger partial charge >= 0.3 is 12.1 Å². The molecule has 0 fully saturated rings. The summed E-state index contributed by atoms with van der Waals surface area (Å²) in [7, 11) is -4.01. The van der Waals surface area contributed by atoms with Crippen molar-refractivity contribution in [3.05, 3.63) is 17.9 Å². The zero-order valence-electron chi connectivity index (χ0n) is 9.31. The zero-order chi connectivity index (χ0) is 14.7. The lowest BCUT2D eigenvalue weighted by molar-refractivity contribution is -0.172. The number of sulfone groups is 1. The Bertz CT molecular complexity index is 545. The molecule has 1 rings (SSSR count). The van der Waals surface area contributed by atoms with Crippen molar-refractivity contribution in [1.29, 1.82) is 0 Å². The summed E-state index contributed by atoms with van der Waals surface area (Å²) in [5.41, 5.74) is 0. The molecule has 0 saturated carbocycles. The highest BCUT2D eigenvalue weighted by atomic mass is 32.2. The first-order valence-corrected chi connectivity index (χ1v) is 6.47. The molecule has 0 unspecified atom stereocenters. The number of alkyl halides is 3. The average Bonchev–Trinajstić information content (AvgIpc) is 2.73. The zero-order valence-corrected chi connectivity index (χ0v) is 10.1. The fourth-order valence-corrected chi connectivity index (χ4v) is 2.09. The predicted octanol–water partition coefficient (Wildman–Crippen LogP) is 1.33. The Morgan fingerprint density at radius 3 is 2.47 bits per heavy atom. The van der Waals surface area contributed by atoms with E-state index < -0.39 is 51.8 Å². The fraction of sp³-hybridized carbons (Fsp3) is 0.444. The Kier molecular flexibility index (Phi) is 4.58. The van der Waals surface area contributed by atoms with E-state index in [0.717, 1.165) is 12.1 Å². The maximum absolute atomic E-state index is 11.7. The first-order valence-electron chi connectivity index (χ1n) is 4.82. The largest absolute Gasteiger partial charge is 0.475 e. The minimum absolute atomic E-state index is 0.574. The van der Waals surface area contributed by atoms with Crippen molar-refractivity contribution in [3.63, 3.8) is 0 Å². The summed E-state index contributed by atoms with van der Waals surface area (Å²) in [6, 6.07) is 1.86. The Balaban J connectivity index is 2.58. The molecule has 0 spiro atoms. The number of carboxylic acid groups (broad SMARTS) is 1. The molecule has 1 aromatic heterocycles. The minimum atomic E-state index is -4.54. The van der Waals surface area contributed by atoms with Crippen LogP contribution in [0.15, 0.2) is 21.6 Å². The normalized spacial score (nSPS) is 12.6. The molecule has 0 saturated heterocycles. The van der Waals surface area contributed by atoms with Gasteiger partial charge in [0.05, 0.1) is 12.4 Å². The van der Waals surface area contributed by atoms with Crippen LogP contribution >= 0.6 is 0 Å². The highest BCUT2D eigenvalue weighted by Gasteiger charge is 2.28. The standard InChI is InChI=1S/C9H9F3O6S/c10-9(11,12)5-17-3-4-19(15,16)7-2-1-6(18-7)8(13)14/h1-2H,3-5H2,(H,13,14). The van der Waals surface area contributed by atoms with E-state index in [9.17, 15) is 26.4 Å². The molecule has 0 radical (unpaired) electrons. The molecule has 0 aliphatic carbocycles. The molecule has 0 amide bonds. The summed E-state index contributed by atoms with van der Waals surface area (Å²) >= 11 is 0. The monoisotopic (exact) mass is 302 g/mol. The summed E-state index contributed by atoms with van der Waals surface area (Å²) < 4.78 is 67.0. The van der Waals surface area contributed by atoms with Crippen molar-refractivity contribution >= 4 is 15.8 Å². The number of rotatable bonds is 6. The lowest BCUT2D eigenvalue weighted by Gasteiger charge is -2.07. The van der Waals surface area contributed by atoms with Gasteiger partial charge < -0.3 is 14.3 Å². The maximum atomic E-state index is 11.7. The quantitative estimate of drug-likeness (QED) is 0.797. The molecule has 1 heterocycles. The molecule has 108 valence electrons. The first-order chi connectivity index (χ1) is 8.62. The van der Waals surface area contributed by atoms with E-state index in [1.165, 1.54) is 0 Å². The van der Waals surface area contributed by atoms with Crippen LogP contribution in [0.4, 0.5) is 13.2 Å². The lowest BCUT2D eigenvalue weighted by atomic mass is 10.5. The second-order valence-corrected chi connectivity index (χ2v) is 5.45. The molecule has 0 bridgehead atoms. The summed E-state index contributed by atoms with van der Waals surface area (Å²) in [5.74, 6) is -2.76. The predicted molar refractivity (Wildman–Crippen MR) is 54.6 cm³/mol. The van der Waals surface area contributed by atoms with Crippen LogP contribution in [0.25, 0.3) is 0 Å². The molecule has 0 aliphatic heterocycles. The van der Waals surface area contributed by atoms with E-state index in [0.29, 0.717) is 0 Å². The maximum Gasteiger partial charge on any atom is 0.411 e. The molecule has 1 aromatic rings. The number of hydrogen-bond donors (Lipinski definition) is 1. The third-order valence-corrected chi connectivity index (χ3v) is 3.40. The molecule has 6 nitrogen and oxygen atoms in total. The Morgan fingerprint density at radius 1 is 1.37 bits per heavy atom. The number of ether oxygens (including phenoxy) is 1. The minimum Gasteiger partial charge on any atom is -0.475 e. The van der Waals surface area contributed by atoms with Crippen molar-refractivity contribution < 1.29 is 40.6 Å². The molecular formula is C9H9F3O6S. The summed E-state index contributed by atoms with van der Waals surface area (Å²) in [4.78, 5) is 10.5. The van der Waals surface area contributed by atoms with Gasteiger partial charge in [-0.3, -0.25) is 0 Å². The molecular weight excluding hydrogens is 293 g/mol. The number of carbonyl (C=O) groups is 1. The highest BCUT2D eigenvalue weighted by molar-refractivity contribution is 7.91. The van der Waals surface area contributed by atoms with Gasteiger partial charge in [0.25, 0.3) is 0 Å². The van der Waals surface area contributed by atoms with Crippen molar-refractivity contribution in [3.8, 4) is 0 Å². The third-order valence-electron chi connectivity index (χ3n) is 1.86. The van der Waals surface area contributed by atoms with Gasteiger partial charge in [0.1, 0.15) is 6.61 Å². The van der Waals surface area contributed by atoms with E-state index in [4.69, 9.17) is 5.11 Å². The Hall–Kier alpha value is -1.55. The van der Waals surface area contributed by atoms with Crippen LogP contribution in [0.1, 0.15) is 10.6 Å². The van der Waals surface area contributed by atoms with Gasteiger partial charge in [-0.15, -0.1) is 0 Å². The molecule has 0 atom stereocenters. The van der Waals surface area contributed by atoms with Crippen molar-refractivity contribution in [2.45, 2.75) is 11.3 Å². The van der Waals surface area contributed by atoms with E-state index >= 15 is 0 Å². The van der Waals surface area contributed by atoms with Gasteiger partial charge in [0, 0.05) is 0 Å². The molecule has 0 aromatic carbocycles. The molecule has 10 heteroatoms. The van der Waals surface area contributed by atoms with E-state index in [1.807, 2.05) is 0 Å². The number of carboxylic acids is 1. The van der Waals surface area contributed by atoms with Crippen LogP contribution in [0.3, 0.4) is 0 Å². The van der Waals surface area contributed by atoms with Crippen molar-refractivity contribution in [1.82, 2.24) is 0 Å². The van der Waals surface area contributed by atoms with Gasteiger partial charge in [-0.2, -0.15) is 13.2 Å². The van der Waals surface area contributed by atoms with Gasteiger partial charge in [-0.25, -0.2) is 13.2 Å². The summed E-state index contributed by atoms with van der Waals surface area (Å²) in [5, 5.41) is 7.90. The SMILES string of the molecule is O=C(O)c1ccc(S(=O)(=O)CCOCC(F)(F)F)o1. The third kappa shape index (κ3) is 4.91. The van der Waals surface area contributed by atoms with Crippen LogP contribution in [-0.4, -0.2) is 44.6 Å². The van der Waals surface area contributed by atoms with Crippen molar-refractivity contribution in [2.24, 2.45) is 0 Å². The number of halogens is 3. The molecule has 19 heavy (non-hydrogen) atoms. The Morgan fingerprint density at radius 2 is 2.00 bits per heavy atom. The van der Waals surface area contributed by atoms with Crippen LogP contribution in [-0.2, 0) is 14.6 Å². The van der Waals surface area contributed by atoms with E-state index in [2.05, 4.69) is 9.15 Å². The van der Waals surface area contributed by atoms with E-state index in [1.54, 1.807) is 0 Å². The lowest BCUT2D eigenvalue weighted by Crippen LogP contribution is -2.20. The van der Waals surface area contributed by atoms with Gasteiger partial charge in [0.2, 0.25) is 20.7 Å². The average molecular weight is 302 g/mol. The van der Waals surface area contributed by atoms with Gasteiger partial charge in [0.15, 0.2) is 0 Å². The van der Waals surface area contributed by atoms with Gasteiger partial charge in [-0.1, -0.05) is 0 Å². The van der Waals surface area contributed by atoms with Gasteiger partial charge in [-0.05, 0) is 12.1 Å². The van der Waals surface area contributed by atoms with Crippen molar-refractivity contribution in [2.75, 3.05) is 19.0 Å². The van der Waals surface area contributed by atoms with Crippen LogP contribution < -0.4 is 0 Å². The second kappa shape index (κ2) is 5.61.